The number of thiophene rings is 1. The Kier molecular flexibility index (Phi) is 4.89. The van der Waals surface area contributed by atoms with Crippen LogP contribution in [0.5, 0.6) is 0 Å². The van der Waals surface area contributed by atoms with Gasteiger partial charge in [-0.25, -0.2) is 4.79 Å². The second-order valence-electron chi connectivity index (χ2n) is 7.16. The highest BCUT2D eigenvalue weighted by Crippen LogP contribution is 2.24. The smallest absolute Gasteiger partial charge is 0.410 e. The van der Waals surface area contributed by atoms with E-state index < -0.39 is 5.60 Å². The first-order valence-corrected chi connectivity index (χ1v) is 9.18. The molecule has 2 aromatic heterocycles. The normalized spacial score (nSPS) is 18.6. The molecule has 3 heterocycles. The number of carbonyl (C=O) groups is 1. The van der Waals surface area contributed by atoms with Gasteiger partial charge >= 0.3 is 6.09 Å². The van der Waals surface area contributed by atoms with Crippen molar-refractivity contribution in [3.63, 3.8) is 0 Å². The summed E-state index contributed by atoms with van der Waals surface area (Å²) in [6.45, 7) is 7.07. The topological polar surface area (TPSA) is 68.5 Å². The monoisotopic (exact) mass is 349 g/mol. The van der Waals surface area contributed by atoms with E-state index >= 15 is 0 Å². The molecule has 1 saturated heterocycles. The zero-order valence-corrected chi connectivity index (χ0v) is 15.1. The summed E-state index contributed by atoms with van der Waals surface area (Å²) in [6, 6.07) is 1.98. The highest BCUT2D eigenvalue weighted by atomic mass is 32.1. The van der Waals surface area contributed by atoms with Gasteiger partial charge in [-0.05, 0) is 51.0 Å². The maximum atomic E-state index is 12.2. The average Bonchev–Trinajstić information content (AvgIpc) is 3.16. The summed E-state index contributed by atoms with van der Waals surface area (Å²) < 4.78 is 10.8. The van der Waals surface area contributed by atoms with E-state index in [4.69, 9.17) is 9.26 Å². The molecule has 1 unspecified atom stereocenters. The number of rotatable bonds is 3. The minimum Gasteiger partial charge on any atom is -0.444 e. The molecule has 3 rings (SSSR count). The van der Waals surface area contributed by atoms with Crippen LogP contribution in [0.4, 0.5) is 4.79 Å². The summed E-state index contributed by atoms with van der Waals surface area (Å²) in [5, 5.41) is 8.03. The fourth-order valence-corrected chi connectivity index (χ4v) is 3.45. The van der Waals surface area contributed by atoms with Gasteiger partial charge in [0.2, 0.25) is 11.7 Å². The summed E-state index contributed by atoms with van der Waals surface area (Å²) in [5.74, 6) is 1.58. The highest BCUT2D eigenvalue weighted by Gasteiger charge is 2.28. The molecule has 1 amide bonds. The van der Waals surface area contributed by atoms with E-state index in [1.165, 1.54) is 0 Å². The minimum absolute atomic E-state index is 0.239. The molecule has 0 bridgehead atoms. The fraction of sp³-hybridized carbons (Fsp3) is 0.588. The summed E-state index contributed by atoms with van der Waals surface area (Å²) in [5.41, 5.74) is 0.514. The summed E-state index contributed by atoms with van der Waals surface area (Å²) in [4.78, 5) is 18.5. The predicted octanol–water partition coefficient (Wildman–Crippen LogP) is 3.99. The van der Waals surface area contributed by atoms with Gasteiger partial charge in [0, 0.05) is 30.5 Å². The highest BCUT2D eigenvalue weighted by molar-refractivity contribution is 7.08. The molecule has 0 aliphatic carbocycles. The van der Waals surface area contributed by atoms with Crippen LogP contribution in [0.1, 0.15) is 39.5 Å². The Labute approximate surface area is 145 Å². The van der Waals surface area contributed by atoms with Crippen LogP contribution in [0.3, 0.4) is 0 Å². The first-order chi connectivity index (χ1) is 11.4. The summed E-state index contributed by atoms with van der Waals surface area (Å²) in [7, 11) is 0. The molecule has 24 heavy (non-hydrogen) atoms. The number of hydrogen-bond acceptors (Lipinski definition) is 6. The van der Waals surface area contributed by atoms with Crippen molar-refractivity contribution in [2.45, 2.75) is 45.6 Å². The zero-order valence-electron chi connectivity index (χ0n) is 14.3. The third-order valence-electron chi connectivity index (χ3n) is 3.88. The Bertz CT molecular complexity index is 676. The Morgan fingerprint density at radius 3 is 3.04 bits per heavy atom. The third-order valence-corrected chi connectivity index (χ3v) is 4.56. The molecular weight excluding hydrogens is 326 g/mol. The maximum Gasteiger partial charge on any atom is 0.410 e. The standard InChI is InChI=1S/C17H23N3O3S/c1-17(2,3)22-16(21)20-7-4-5-12(10-20)9-14-18-15(19-23-14)13-6-8-24-11-13/h6,8,11-12H,4-5,7,9-10H2,1-3H3. The molecule has 1 aliphatic rings. The molecule has 0 aromatic carbocycles. The Morgan fingerprint density at radius 1 is 1.50 bits per heavy atom. The molecule has 1 fully saturated rings. The predicted molar refractivity (Wildman–Crippen MR) is 91.8 cm³/mol. The first-order valence-electron chi connectivity index (χ1n) is 8.24. The van der Waals surface area contributed by atoms with Crippen LogP contribution in [0, 0.1) is 5.92 Å². The second-order valence-corrected chi connectivity index (χ2v) is 7.94. The van der Waals surface area contributed by atoms with Crippen LogP contribution >= 0.6 is 11.3 Å². The van der Waals surface area contributed by atoms with Gasteiger partial charge in [0.25, 0.3) is 0 Å². The minimum atomic E-state index is -0.466. The Morgan fingerprint density at radius 2 is 2.33 bits per heavy atom. The van der Waals surface area contributed by atoms with Gasteiger partial charge in [-0.15, -0.1) is 0 Å². The van der Waals surface area contributed by atoms with Gasteiger partial charge in [-0.2, -0.15) is 16.3 Å². The molecule has 1 aliphatic heterocycles. The molecule has 2 aromatic rings. The van der Waals surface area contributed by atoms with Crippen molar-refractivity contribution in [3.8, 4) is 11.4 Å². The summed E-state index contributed by atoms with van der Waals surface area (Å²) >= 11 is 1.61. The largest absolute Gasteiger partial charge is 0.444 e. The molecule has 0 spiro atoms. The van der Waals surface area contributed by atoms with E-state index in [1.807, 2.05) is 37.6 Å². The lowest BCUT2D eigenvalue weighted by atomic mass is 9.95. The average molecular weight is 349 g/mol. The van der Waals surface area contributed by atoms with Crippen LogP contribution in [0.25, 0.3) is 11.4 Å². The van der Waals surface area contributed by atoms with Gasteiger partial charge in [0.05, 0.1) is 0 Å². The van der Waals surface area contributed by atoms with Crippen LogP contribution in [0.2, 0.25) is 0 Å². The van der Waals surface area contributed by atoms with E-state index in [-0.39, 0.29) is 6.09 Å². The lowest BCUT2D eigenvalue weighted by Gasteiger charge is -2.33. The molecular formula is C17H23N3O3S. The summed E-state index contributed by atoms with van der Waals surface area (Å²) in [6.07, 6.45) is 2.47. The third kappa shape index (κ3) is 4.35. The van der Waals surface area contributed by atoms with E-state index in [2.05, 4.69) is 10.1 Å². The molecule has 6 nitrogen and oxygen atoms in total. The number of nitrogens with zero attached hydrogens (tertiary/aromatic N) is 3. The van der Waals surface area contributed by atoms with E-state index in [9.17, 15) is 4.79 Å². The van der Waals surface area contributed by atoms with Crippen molar-refractivity contribution in [1.29, 1.82) is 0 Å². The molecule has 1 atom stereocenters. The van der Waals surface area contributed by atoms with Crippen molar-refractivity contribution >= 4 is 17.4 Å². The van der Waals surface area contributed by atoms with Gasteiger partial charge < -0.3 is 14.2 Å². The van der Waals surface area contributed by atoms with Crippen molar-refractivity contribution in [2.24, 2.45) is 5.92 Å². The quantitative estimate of drug-likeness (QED) is 0.838. The fourth-order valence-electron chi connectivity index (χ4n) is 2.82. The number of aromatic nitrogens is 2. The number of amides is 1. The number of ether oxygens (including phenoxy) is 1. The first kappa shape index (κ1) is 17.0. The lowest BCUT2D eigenvalue weighted by molar-refractivity contribution is 0.0162. The second kappa shape index (κ2) is 6.93. The lowest BCUT2D eigenvalue weighted by Crippen LogP contribution is -2.43. The van der Waals surface area contributed by atoms with Gasteiger partial charge in [-0.1, -0.05) is 5.16 Å². The van der Waals surface area contributed by atoms with Crippen molar-refractivity contribution in [2.75, 3.05) is 13.1 Å². The molecule has 0 radical (unpaired) electrons. The number of piperidine rings is 1. The van der Waals surface area contributed by atoms with Crippen molar-refractivity contribution in [3.05, 3.63) is 22.7 Å². The Hall–Kier alpha value is -1.89. The molecule has 7 heteroatoms. The molecule has 0 saturated carbocycles. The van der Waals surface area contributed by atoms with E-state index in [0.29, 0.717) is 30.6 Å². The van der Waals surface area contributed by atoms with Gasteiger partial charge in [0.15, 0.2) is 0 Å². The zero-order chi connectivity index (χ0) is 17.2. The molecule has 130 valence electrons. The van der Waals surface area contributed by atoms with Crippen LogP contribution in [-0.4, -0.2) is 39.8 Å². The molecule has 0 N–H and O–H groups in total. The maximum absolute atomic E-state index is 12.2. The number of carbonyl (C=O) groups excluding carboxylic acids is 1. The van der Waals surface area contributed by atoms with Gasteiger partial charge in [-0.3, -0.25) is 0 Å². The van der Waals surface area contributed by atoms with Gasteiger partial charge in [0.1, 0.15) is 5.60 Å². The SMILES string of the molecule is CC(C)(C)OC(=O)N1CCCC(Cc2nc(-c3ccsc3)no2)C1. The van der Waals surface area contributed by atoms with Crippen molar-refractivity contribution < 1.29 is 14.1 Å². The van der Waals surface area contributed by atoms with Crippen LogP contribution in [0.15, 0.2) is 21.3 Å². The van der Waals surface area contributed by atoms with E-state index in [1.54, 1.807) is 16.2 Å². The van der Waals surface area contributed by atoms with Crippen LogP contribution < -0.4 is 0 Å². The number of hydrogen-bond donors (Lipinski definition) is 0. The van der Waals surface area contributed by atoms with Crippen molar-refractivity contribution in [1.82, 2.24) is 15.0 Å². The Balaban J connectivity index is 1.58. The van der Waals surface area contributed by atoms with E-state index in [0.717, 1.165) is 24.9 Å². The number of likely N-dealkylation sites (tertiary alicyclic amines) is 1. The van der Waals surface area contributed by atoms with Crippen LogP contribution in [-0.2, 0) is 11.2 Å².